The van der Waals surface area contributed by atoms with Gasteiger partial charge in [0.2, 0.25) is 0 Å². The van der Waals surface area contributed by atoms with Gasteiger partial charge in [0, 0.05) is 24.7 Å². The molecule has 1 atom stereocenters. The van der Waals surface area contributed by atoms with Gasteiger partial charge in [-0.15, -0.1) is 12.4 Å². The highest BCUT2D eigenvalue weighted by Gasteiger charge is 2.31. The van der Waals surface area contributed by atoms with Crippen LogP contribution < -0.4 is 5.73 Å². The van der Waals surface area contributed by atoms with Crippen molar-refractivity contribution in [1.29, 1.82) is 0 Å². The van der Waals surface area contributed by atoms with Gasteiger partial charge in [0.25, 0.3) is 5.91 Å². The van der Waals surface area contributed by atoms with Crippen LogP contribution >= 0.6 is 12.4 Å². The van der Waals surface area contributed by atoms with Crippen molar-refractivity contribution in [3.05, 3.63) is 35.4 Å². The number of nitrogens with zero attached hydrogens (tertiary/aromatic N) is 1. The summed E-state index contributed by atoms with van der Waals surface area (Å²) in [4.78, 5) is 13.8. The van der Waals surface area contributed by atoms with Gasteiger partial charge in [-0.25, -0.2) is 0 Å². The van der Waals surface area contributed by atoms with E-state index >= 15 is 0 Å². The average molecular weight is 309 g/mol. The maximum Gasteiger partial charge on any atom is 0.416 e. The zero-order chi connectivity index (χ0) is 14.0. The zero-order valence-corrected chi connectivity index (χ0v) is 11.5. The number of carbonyl (C=O) groups excluding carboxylic acids is 1. The number of nitrogens with two attached hydrogens (primary N) is 1. The third-order valence-corrected chi connectivity index (χ3v) is 3.37. The molecule has 0 saturated carbocycles. The Balaban J connectivity index is 0.00000200. The SMILES string of the molecule is Cl.NCC1CCCN1C(=O)c1ccc(C(F)(F)F)cc1. The van der Waals surface area contributed by atoms with Crippen LogP contribution in [0, 0.1) is 0 Å². The van der Waals surface area contributed by atoms with Crippen LogP contribution in [0.2, 0.25) is 0 Å². The van der Waals surface area contributed by atoms with Gasteiger partial charge in [-0.05, 0) is 37.1 Å². The number of benzene rings is 1. The van der Waals surface area contributed by atoms with Crippen LogP contribution in [0.4, 0.5) is 13.2 Å². The fourth-order valence-electron chi connectivity index (χ4n) is 2.32. The quantitative estimate of drug-likeness (QED) is 0.913. The van der Waals surface area contributed by atoms with E-state index in [4.69, 9.17) is 5.73 Å². The molecular formula is C13H16ClF3N2O. The third kappa shape index (κ3) is 3.43. The molecule has 1 fully saturated rings. The summed E-state index contributed by atoms with van der Waals surface area (Å²) >= 11 is 0. The molecule has 1 unspecified atom stereocenters. The standard InChI is InChI=1S/C13H15F3N2O.ClH/c14-13(15,16)10-5-3-9(4-6-10)12(19)18-7-1-2-11(18)8-17;/h3-6,11H,1-2,7-8,17H2;1H. The van der Waals surface area contributed by atoms with Crippen LogP contribution in [-0.4, -0.2) is 29.9 Å². The second-order valence-corrected chi connectivity index (χ2v) is 4.61. The summed E-state index contributed by atoms with van der Waals surface area (Å²) < 4.78 is 37.3. The molecule has 112 valence electrons. The number of hydrogen-bond donors (Lipinski definition) is 1. The summed E-state index contributed by atoms with van der Waals surface area (Å²) in [6.45, 7) is 0.994. The summed E-state index contributed by atoms with van der Waals surface area (Å²) in [6, 6.07) is 4.30. The molecular weight excluding hydrogens is 293 g/mol. The lowest BCUT2D eigenvalue weighted by Gasteiger charge is -2.23. The Morgan fingerprint density at radius 1 is 1.30 bits per heavy atom. The van der Waals surface area contributed by atoms with E-state index in [0.29, 0.717) is 13.1 Å². The van der Waals surface area contributed by atoms with Gasteiger partial charge in [-0.2, -0.15) is 13.2 Å². The van der Waals surface area contributed by atoms with E-state index in [2.05, 4.69) is 0 Å². The Labute approximate surface area is 121 Å². The first-order chi connectivity index (χ1) is 8.93. The van der Waals surface area contributed by atoms with Crippen molar-refractivity contribution in [2.45, 2.75) is 25.1 Å². The predicted molar refractivity (Wildman–Crippen MR) is 71.8 cm³/mol. The zero-order valence-electron chi connectivity index (χ0n) is 10.7. The fraction of sp³-hybridized carbons (Fsp3) is 0.462. The van der Waals surface area contributed by atoms with Crippen LogP contribution in [0.25, 0.3) is 0 Å². The number of amides is 1. The van der Waals surface area contributed by atoms with E-state index in [0.717, 1.165) is 25.0 Å². The second kappa shape index (κ2) is 6.45. The highest BCUT2D eigenvalue weighted by Crippen LogP contribution is 2.29. The van der Waals surface area contributed by atoms with Crippen molar-refractivity contribution in [1.82, 2.24) is 4.90 Å². The topological polar surface area (TPSA) is 46.3 Å². The van der Waals surface area contributed by atoms with Gasteiger partial charge < -0.3 is 10.6 Å². The number of alkyl halides is 3. The Morgan fingerprint density at radius 3 is 2.40 bits per heavy atom. The lowest BCUT2D eigenvalue weighted by atomic mass is 10.1. The van der Waals surface area contributed by atoms with Gasteiger partial charge in [-0.1, -0.05) is 0 Å². The first-order valence-corrected chi connectivity index (χ1v) is 6.12. The Bertz CT molecular complexity index is 462. The van der Waals surface area contributed by atoms with Crippen molar-refractivity contribution in [2.24, 2.45) is 5.73 Å². The van der Waals surface area contributed by atoms with Gasteiger partial charge in [0.15, 0.2) is 0 Å². The molecule has 3 nitrogen and oxygen atoms in total. The van der Waals surface area contributed by atoms with Gasteiger partial charge in [0.05, 0.1) is 5.56 Å². The van der Waals surface area contributed by atoms with E-state index in [1.807, 2.05) is 0 Å². The molecule has 2 rings (SSSR count). The van der Waals surface area contributed by atoms with Crippen LogP contribution in [0.1, 0.15) is 28.8 Å². The maximum absolute atomic E-state index is 12.4. The van der Waals surface area contributed by atoms with Crippen LogP contribution in [-0.2, 0) is 6.18 Å². The van der Waals surface area contributed by atoms with Gasteiger partial charge in [-0.3, -0.25) is 4.79 Å². The normalized spacial score (nSPS) is 18.8. The minimum Gasteiger partial charge on any atom is -0.334 e. The first kappa shape index (κ1) is 16.8. The summed E-state index contributed by atoms with van der Waals surface area (Å²) in [5, 5.41) is 0. The molecule has 0 aromatic heterocycles. The van der Waals surface area contributed by atoms with E-state index < -0.39 is 11.7 Å². The Morgan fingerprint density at radius 2 is 1.90 bits per heavy atom. The lowest BCUT2D eigenvalue weighted by Crippen LogP contribution is -2.39. The first-order valence-electron chi connectivity index (χ1n) is 6.12. The third-order valence-electron chi connectivity index (χ3n) is 3.37. The second-order valence-electron chi connectivity index (χ2n) is 4.61. The van der Waals surface area contributed by atoms with Crippen molar-refractivity contribution in [3.8, 4) is 0 Å². The Hall–Kier alpha value is -1.27. The molecule has 20 heavy (non-hydrogen) atoms. The highest BCUT2D eigenvalue weighted by atomic mass is 35.5. The molecule has 1 aromatic rings. The molecule has 7 heteroatoms. The molecule has 1 heterocycles. The number of likely N-dealkylation sites (tertiary alicyclic amines) is 1. The van der Waals surface area contributed by atoms with Crippen molar-refractivity contribution in [2.75, 3.05) is 13.1 Å². The molecule has 2 N–H and O–H groups in total. The molecule has 1 saturated heterocycles. The number of halogens is 4. The molecule has 0 bridgehead atoms. The molecule has 0 spiro atoms. The highest BCUT2D eigenvalue weighted by molar-refractivity contribution is 5.94. The minimum absolute atomic E-state index is 0. The number of hydrogen-bond acceptors (Lipinski definition) is 2. The minimum atomic E-state index is -4.38. The van der Waals surface area contributed by atoms with Crippen LogP contribution in [0.5, 0.6) is 0 Å². The largest absolute Gasteiger partial charge is 0.416 e. The van der Waals surface area contributed by atoms with E-state index in [1.54, 1.807) is 4.90 Å². The summed E-state index contributed by atoms with van der Waals surface area (Å²) in [5.74, 6) is -0.248. The Kier molecular flexibility index (Phi) is 5.42. The predicted octanol–water partition coefficient (Wildman–Crippen LogP) is 2.69. The van der Waals surface area contributed by atoms with Crippen LogP contribution in [0.3, 0.4) is 0 Å². The number of carbonyl (C=O) groups is 1. The summed E-state index contributed by atoms with van der Waals surface area (Å²) in [6.07, 6.45) is -2.65. The molecule has 1 amide bonds. The van der Waals surface area contributed by atoms with Crippen molar-refractivity contribution in [3.63, 3.8) is 0 Å². The molecule has 0 aliphatic carbocycles. The van der Waals surface area contributed by atoms with Crippen molar-refractivity contribution >= 4 is 18.3 Å². The smallest absolute Gasteiger partial charge is 0.334 e. The molecule has 1 aromatic carbocycles. The average Bonchev–Trinajstić information content (AvgIpc) is 2.85. The molecule has 0 radical (unpaired) electrons. The van der Waals surface area contributed by atoms with Gasteiger partial charge >= 0.3 is 6.18 Å². The summed E-state index contributed by atoms with van der Waals surface area (Å²) in [7, 11) is 0. The maximum atomic E-state index is 12.4. The number of rotatable bonds is 2. The molecule has 1 aliphatic rings. The summed E-state index contributed by atoms with van der Waals surface area (Å²) in [5.41, 5.74) is 5.10. The lowest BCUT2D eigenvalue weighted by molar-refractivity contribution is -0.137. The van der Waals surface area contributed by atoms with Crippen LogP contribution in [0.15, 0.2) is 24.3 Å². The van der Waals surface area contributed by atoms with E-state index in [1.165, 1.54) is 12.1 Å². The van der Waals surface area contributed by atoms with Gasteiger partial charge in [0.1, 0.15) is 0 Å². The fourth-order valence-corrected chi connectivity index (χ4v) is 2.32. The van der Waals surface area contributed by atoms with E-state index in [9.17, 15) is 18.0 Å². The monoisotopic (exact) mass is 308 g/mol. The van der Waals surface area contributed by atoms with E-state index in [-0.39, 0.29) is 29.9 Å². The molecule has 1 aliphatic heterocycles. The van der Waals surface area contributed by atoms with Crippen molar-refractivity contribution < 1.29 is 18.0 Å².